The van der Waals surface area contributed by atoms with Crippen LogP contribution in [0.4, 0.5) is 11.4 Å². The topological polar surface area (TPSA) is 68.1 Å². The van der Waals surface area contributed by atoms with Gasteiger partial charge < -0.3 is 5.32 Å². The van der Waals surface area contributed by atoms with Crippen LogP contribution in [0, 0.1) is 10.1 Å². The monoisotopic (exact) mass is 325 g/mol. The molecule has 21 heavy (non-hydrogen) atoms. The first kappa shape index (κ1) is 15.7. The molecule has 0 spiro atoms. The highest BCUT2D eigenvalue weighted by Gasteiger charge is 2.20. The zero-order valence-corrected chi connectivity index (χ0v) is 13.6. The van der Waals surface area contributed by atoms with Gasteiger partial charge in [0.15, 0.2) is 4.47 Å². The van der Waals surface area contributed by atoms with E-state index in [0.29, 0.717) is 11.0 Å². The second-order valence-electron chi connectivity index (χ2n) is 5.67. The van der Waals surface area contributed by atoms with Crippen LogP contribution in [0.5, 0.6) is 0 Å². The maximum Gasteiger partial charge on any atom is 0.271 e. The zero-order valence-electron chi connectivity index (χ0n) is 12.0. The van der Waals surface area contributed by atoms with Crippen molar-refractivity contribution in [2.24, 2.45) is 0 Å². The number of nitrogens with one attached hydrogen (secondary N) is 1. The highest BCUT2D eigenvalue weighted by Crippen LogP contribution is 2.33. The number of benzene rings is 1. The van der Waals surface area contributed by atoms with Gasteiger partial charge in [-0.2, -0.15) is 0 Å². The lowest BCUT2D eigenvalue weighted by Crippen LogP contribution is -2.15. The summed E-state index contributed by atoms with van der Waals surface area (Å²) in [6, 6.07) is 4.92. The highest BCUT2D eigenvalue weighted by molar-refractivity contribution is 7.15. The lowest BCUT2D eigenvalue weighted by Gasteiger charge is -2.23. The quantitative estimate of drug-likeness (QED) is 0.658. The third-order valence-corrected chi connectivity index (χ3v) is 4.12. The molecule has 1 aromatic heterocycles. The van der Waals surface area contributed by atoms with Gasteiger partial charge in [0.2, 0.25) is 0 Å². The van der Waals surface area contributed by atoms with Crippen LogP contribution >= 0.6 is 22.9 Å². The Labute approximate surface area is 132 Å². The Morgan fingerprint density at radius 3 is 2.67 bits per heavy atom. The van der Waals surface area contributed by atoms with Gasteiger partial charge >= 0.3 is 0 Å². The van der Waals surface area contributed by atoms with Crippen LogP contribution in [-0.2, 0) is 12.0 Å². The van der Waals surface area contributed by atoms with Gasteiger partial charge in [0, 0.05) is 28.9 Å². The molecule has 0 saturated carbocycles. The Morgan fingerprint density at radius 1 is 1.43 bits per heavy atom. The zero-order chi connectivity index (χ0) is 15.6. The second-order valence-corrected chi connectivity index (χ2v) is 7.37. The molecule has 1 aromatic carbocycles. The number of thiazole rings is 1. The minimum atomic E-state index is -0.388. The third kappa shape index (κ3) is 3.92. The first-order valence-electron chi connectivity index (χ1n) is 6.40. The molecule has 0 amide bonds. The maximum absolute atomic E-state index is 10.9. The van der Waals surface area contributed by atoms with Crippen molar-refractivity contribution in [2.45, 2.75) is 32.7 Å². The van der Waals surface area contributed by atoms with Gasteiger partial charge in [0.05, 0.1) is 11.5 Å². The lowest BCUT2D eigenvalue weighted by atomic mass is 9.85. The van der Waals surface area contributed by atoms with Crippen LogP contribution in [0.15, 0.2) is 24.4 Å². The molecule has 2 rings (SSSR count). The van der Waals surface area contributed by atoms with E-state index in [4.69, 9.17) is 11.6 Å². The predicted octanol–water partition coefficient (Wildman–Crippen LogP) is 4.61. The van der Waals surface area contributed by atoms with E-state index in [1.54, 1.807) is 18.3 Å². The summed E-state index contributed by atoms with van der Waals surface area (Å²) in [6.45, 7) is 6.75. The van der Waals surface area contributed by atoms with E-state index in [-0.39, 0.29) is 16.0 Å². The van der Waals surface area contributed by atoms with Gasteiger partial charge in [-0.3, -0.25) is 10.1 Å². The Kier molecular flexibility index (Phi) is 4.49. The number of hydrogen-bond acceptors (Lipinski definition) is 5. The van der Waals surface area contributed by atoms with Gasteiger partial charge in [-0.05, 0) is 17.0 Å². The summed E-state index contributed by atoms with van der Waals surface area (Å²) in [4.78, 5) is 15.5. The van der Waals surface area contributed by atoms with Crippen LogP contribution in [0.25, 0.3) is 0 Å². The summed E-state index contributed by atoms with van der Waals surface area (Å²) in [6.07, 6.45) is 1.70. The molecule has 1 N–H and O–H groups in total. The van der Waals surface area contributed by atoms with Crippen molar-refractivity contribution in [1.29, 1.82) is 0 Å². The minimum absolute atomic E-state index is 0.0767. The Hall–Kier alpha value is -1.66. The molecule has 0 bridgehead atoms. The number of non-ortho nitro benzene ring substituents is 1. The Bertz CT molecular complexity index is 664. The van der Waals surface area contributed by atoms with Gasteiger partial charge in [0.25, 0.3) is 5.69 Å². The summed E-state index contributed by atoms with van der Waals surface area (Å²) in [5.74, 6) is 0. The molecular weight excluding hydrogens is 310 g/mol. The number of nitro benzene ring substituents is 1. The van der Waals surface area contributed by atoms with E-state index < -0.39 is 0 Å². The summed E-state index contributed by atoms with van der Waals surface area (Å²) in [7, 11) is 0. The number of hydrogen-bond donors (Lipinski definition) is 1. The molecule has 2 aromatic rings. The van der Waals surface area contributed by atoms with Crippen LogP contribution < -0.4 is 5.32 Å². The van der Waals surface area contributed by atoms with E-state index in [9.17, 15) is 10.1 Å². The van der Waals surface area contributed by atoms with Gasteiger partial charge in [-0.15, -0.1) is 11.3 Å². The molecule has 1 heterocycles. The lowest BCUT2D eigenvalue weighted by molar-refractivity contribution is -0.384. The van der Waals surface area contributed by atoms with Crippen LogP contribution in [0.1, 0.15) is 31.2 Å². The molecule has 0 fully saturated rings. The number of anilines is 1. The summed E-state index contributed by atoms with van der Waals surface area (Å²) >= 11 is 7.19. The standard InChI is InChI=1S/C14H16ClN3O2S/c1-14(2,3)11-5-4-9(18(19)20)6-12(11)16-7-10-8-17-13(15)21-10/h4-6,8,16H,7H2,1-3H3. The smallest absolute Gasteiger partial charge is 0.271 e. The maximum atomic E-state index is 10.9. The van der Waals surface area contributed by atoms with Crippen LogP contribution in [0.3, 0.4) is 0 Å². The molecule has 0 aliphatic carbocycles. The Morgan fingerprint density at radius 2 is 2.14 bits per heavy atom. The number of halogens is 1. The number of aromatic nitrogens is 1. The molecule has 0 radical (unpaired) electrons. The normalized spacial score (nSPS) is 11.4. The van der Waals surface area contributed by atoms with Gasteiger partial charge in [-0.25, -0.2) is 4.98 Å². The fourth-order valence-corrected chi connectivity index (χ4v) is 2.91. The van der Waals surface area contributed by atoms with Gasteiger partial charge in [0.1, 0.15) is 0 Å². The summed E-state index contributed by atoms with van der Waals surface area (Å²) in [5, 5.41) is 14.2. The molecule has 0 aliphatic rings. The predicted molar refractivity (Wildman–Crippen MR) is 86.2 cm³/mol. The first-order valence-corrected chi connectivity index (χ1v) is 7.60. The van der Waals surface area contributed by atoms with Crippen molar-refractivity contribution in [3.05, 3.63) is 49.4 Å². The number of nitrogens with zero attached hydrogens (tertiary/aromatic N) is 2. The number of rotatable bonds is 4. The summed E-state index contributed by atoms with van der Waals surface area (Å²) < 4.78 is 0.488. The van der Waals surface area contributed by atoms with Crippen LogP contribution in [-0.4, -0.2) is 9.91 Å². The molecule has 0 aliphatic heterocycles. The largest absolute Gasteiger partial charge is 0.380 e. The van der Waals surface area contributed by atoms with E-state index in [1.807, 2.05) is 0 Å². The van der Waals surface area contributed by atoms with Crippen molar-refractivity contribution in [2.75, 3.05) is 5.32 Å². The minimum Gasteiger partial charge on any atom is -0.380 e. The summed E-state index contributed by atoms with van der Waals surface area (Å²) in [5.41, 5.74) is 1.76. The van der Waals surface area contributed by atoms with Crippen molar-refractivity contribution in [1.82, 2.24) is 4.98 Å². The van der Waals surface area contributed by atoms with E-state index in [1.165, 1.54) is 17.4 Å². The van der Waals surface area contributed by atoms with E-state index in [2.05, 4.69) is 31.1 Å². The van der Waals surface area contributed by atoms with E-state index in [0.717, 1.165) is 16.1 Å². The average Bonchev–Trinajstić information content (AvgIpc) is 2.80. The highest BCUT2D eigenvalue weighted by atomic mass is 35.5. The Balaban J connectivity index is 2.29. The van der Waals surface area contributed by atoms with Crippen molar-refractivity contribution in [3.63, 3.8) is 0 Å². The van der Waals surface area contributed by atoms with Crippen molar-refractivity contribution < 1.29 is 4.92 Å². The molecule has 0 atom stereocenters. The SMILES string of the molecule is CC(C)(C)c1ccc([N+](=O)[O-])cc1NCc1cnc(Cl)s1. The molecule has 5 nitrogen and oxygen atoms in total. The molecule has 7 heteroatoms. The first-order chi connectivity index (χ1) is 9.77. The van der Waals surface area contributed by atoms with Crippen molar-refractivity contribution >= 4 is 34.3 Å². The fourth-order valence-electron chi connectivity index (χ4n) is 1.99. The fraction of sp³-hybridized carbons (Fsp3) is 0.357. The van der Waals surface area contributed by atoms with Gasteiger partial charge in [-0.1, -0.05) is 32.4 Å². The van der Waals surface area contributed by atoms with Crippen molar-refractivity contribution in [3.8, 4) is 0 Å². The van der Waals surface area contributed by atoms with Crippen LogP contribution in [0.2, 0.25) is 4.47 Å². The average molecular weight is 326 g/mol. The molecular formula is C14H16ClN3O2S. The molecule has 0 unspecified atom stereocenters. The third-order valence-electron chi connectivity index (χ3n) is 3.00. The molecule has 0 saturated heterocycles. The second kappa shape index (κ2) is 5.99. The number of nitro groups is 1. The molecule has 112 valence electrons. The van der Waals surface area contributed by atoms with E-state index >= 15 is 0 Å².